The van der Waals surface area contributed by atoms with Gasteiger partial charge in [0.05, 0.1) is 0 Å². The van der Waals surface area contributed by atoms with E-state index in [4.69, 9.17) is 24.6 Å². The van der Waals surface area contributed by atoms with Crippen molar-refractivity contribution < 1.29 is 1.37 Å². The second kappa shape index (κ2) is 2.24. The zero-order chi connectivity index (χ0) is 6.85. The largest absolute Gasteiger partial charge is 0.226 e. The summed E-state index contributed by atoms with van der Waals surface area (Å²) in [6.07, 6.45) is -0.222. The van der Waals surface area contributed by atoms with Gasteiger partial charge in [0.25, 0.3) is 0 Å². The van der Waals surface area contributed by atoms with Crippen LogP contribution in [0.4, 0.5) is 0 Å². The third-order valence-corrected chi connectivity index (χ3v) is 0.807. The van der Waals surface area contributed by atoms with Crippen molar-refractivity contribution >= 4 is 23.2 Å². The lowest BCUT2D eigenvalue weighted by Crippen LogP contribution is -1.83. The van der Waals surface area contributed by atoms with Crippen LogP contribution in [0.15, 0.2) is 6.30 Å². The summed E-state index contributed by atoms with van der Waals surface area (Å²) in [6, 6.07) is 0. The Bertz CT molecular complexity index is 178. The minimum atomic E-state index is -0.222. The van der Waals surface area contributed by atoms with Gasteiger partial charge in [0.1, 0.15) is 7.67 Å². The molecule has 0 aliphatic heterocycles. The van der Waals surface area contributed by atoms with Crippen LogP contribution in [0.5, 0.6) is 0 Å². The number of rotatable bonds is 0. The van der Waals surface area contributed by atoms with E-state index in [-0.39, 0.29) is 16.9 Å². The van der Waals surface area contributed by atoms with E-state index < -0.39 is 0 Å². The van der Waals surface area contributed by atoms with Crippen LogP contribution >= 0.6 is 23.2 Å². The minimum absolute atomic E-state index is 0.0556. The number of halogens is 2. The predicted molar refractivity (Wildman–Crippen MR) is 29.8 cm³/mol. The third kappa shape index (κ3) is 1.28. The molecule has 0 saturated heterocycles. The standard InChI is InChI=1S/C3HCl2N3/c4-2-6-1-7-3(5)8-2/h1H/i1T. The molecule has 0 spiro atoms. The molecule has 0 radical (unpaired) electrons. The van der Waals surface area contributed by atoms with E-state index in [2.05, 4.69) is 15.0 Å². The maximum Gasteiger partial charge on any atom is 0.226 e. The van der Waals surface area contributed by atoms with Crippen molar-refractivity contribution in [3.05, 3.63) is 16.9 Å². The first-order valence-electron chi connectivity index (χ1n) is 2.22. The molecule has 1 heterocycles. The molecule has 1 aromatic heterocycles. The Labute approximate surface area is 57.1 Å². The lowest BCUT2D eigenvalue weighted by atomic mass is 11.1. The second-order valence-corrected chi connectivity index (χ2v) is 1.65. The molecule has 3 nitrogen and oxygen atoms in total. The first kappa shape index (κ1) is 4.47. The van der Waals surface area contributed by atoms with Gasteiger partial charge in [-0.25, -0.2) is 9.97 Å². The highest BCUT2D eigenvalue weighted by atomic mass is 35.5. The molecule has 0 saturated carbocycles. The van der Waals surface area contributed by atoms with Gasteiger partial charge in [-0.05, 0) is 23.2 Å². The Kier molecular flexibility index (Phi) is 1.25. The fourth-order valence-corrected chi connectivity index (χ4v) is 0.513. The first-order chi connectivity index (χ1) is 4.18. The predicted octanol–water partition coefficient (Wildman–Crippen LogP) is 1.18. The van der Waals surface area contributed by atoms with Crippen LogP contribution in [0.2, 0.25) is 10.6 Å². The molecule has 0 aliphatic carbocycles. The Hall–Kier alpha value is -0.410. The highest BCUT2D eigenvalue weighted by Crippen LogP contribution is 2.00. The number of aromatic nitrogens is 3. The summed E-state index contributed by atoms with van der Waals surface area (Å²) in [5.41, 5.74) is 0. The SMILES string of the molecule is [3H]c1nc(Cl)nc(Cl)n1. The van der Waals surface area contributed by atoms with Gasteiger partial charge in [0.2, 0.25) is 10.6 Å². The Balaban J connectivity index is 3.17. The summed E-state index contributed by atoms with van der Waals surface area (Å²) >= 11 is 10.6. The minimum Gasteiger partial charge on any atom is -0.206 e. The molecule has 8 heavy (non-hydrogen) atoms. The van der Waals surface area contributed by atoms with Gasteiger partial charge in [-0.2, -0.15) is 4.98 Å². The van der Waals surface area contributed by atoms with E-state index in [0.717, 1.165) is 0 Å². The topological polar surface area (TPSA) is 38.7 Å². The highest BCUT2D eigenvalue weighted by molar-refractivity contribution is 6.30. The number of hydrogen-bond acceptors (Lipinski definition) is 3. The molecule has 0 bridgehead atoms. The molecule has 42 valence electrons. The van der Waals surface area contributed by atoms with Crippen molar-refractivity contribution in [2.75, 3.05) is 0 Å². The molecule has 0 fully saturated rings. The average Bonchev–Trinajstić information content (AvgIpc) is 1.59. The van der Waals surface area contributed by atoms with Gasteiger partial charge in [0.15, 0.2) is 0 Å². The van der Waals surface area contributed by atoms with Crippen molar-refractivity contribution in [1.29, 1.82) is 0 Å². The van der Waals surface area contributed by atoms with Crippen molar-refractivity contribution in [2.45, 2.75) is 0 Å². The fraction of sp³-hybridized carbons (Fsp3) is 0. The molecule has 0 N–H and O–H groups in total. The zero-order valence-corrected chi connectivity index (χ0v) is 5.11. The van der Waals surface area contributed by atoms with Crippen molar-refractivity contribution in [2.24, 2.45) is 0 Å². The normalized spacial score (nSPS) is 11.0. The molecule has 0 unspecified atom stereocenters. The van der Waals surface area contributed by atoms with E-state index in [1.807, 2.05) is 0 Å². The second-order valence-electron chi connectivity index (χ2n) is 0.973. The van der Waals surface area contributed by atoms with Crippen molar-refractivity contribution in [3.8, 4) is 0 Å². The molecule has 0 amide bonds. The smallest absolute Gasteiger partial charge is 0.206 e. The van der Waals surface area contributed by atoms with Gasteiger partial charge in [-0.15, -0.1) is 0 Å². The van der Waals surface area contributed by atoms with Crippen LogP contribution in [0.1, 0.15) is 1.37 Å². The summed E-state index contributed by atoms with van der Waals surface area (Å²) < 4.78 is 6.85. The summed E-state index contributed by atoms with van der Waals surface area (Å²) in [7, 11) is 0. The van der Waals surface area contributed by atoms with Crippen molar-refractivity contribution in [1.82, 2.24) is 15.0 Å². The van der Waals surface area contributed by atoms with Crippen LogP contribution in [0, 0.1) is 0 Å². The van der Waals surface area contributed by atoms with E-state index in [1.165, 1.54) is 0 Å². The molecule has 1 rings (SSSR count). The van der Waals surface area contributed by atoms with Crippen LogP contribution < -0.4 is 0 Å². The van der Waals surface area contributed by atoms with E-state index >= 15 is 0 Å². The maximum absolute atomic E-state index is 6.85. The number of hydrogen-bond donors (Lipinski definition) is 0. The van der Waals surface area contributed by atoms with E-state index in [1.54, 1.807) is 0 Å². The maximum atomic E-state index is 6.85. The fourth-order valence-electron chi connectivity index (χ4n) is 0.234. The van der Waals surface area contributed by atoms with Gasteiger partial charge < -0.3 is 0 Å². The van der Waals surface area contributed by atoms with Gasteiger partial charge >= 0.3 is 0 Å². The molecule has 0 aromatic carbocycles. The first-order valence-corrected chi connectivity index (χ1v) is 2.48. The highest BCUT2D eigenvalue weighted by Gasteiger charge is 1.89. The summed E-state index contributed by atoms with van der Waals surface area (Å²) in [6.45, 7) is 0. The Morgan fingerprint density at radius 2 is 1.88 bits per heavy atom. The van der Waals surface area contributed by atoms with Gasteiger partial charge in [-0.1, -0.05) is 0 Å². The van der Waals surface area contributed by atoms with Gasteiger partial charge in [-0.3, -0.25) is 0 Å². The molecule has 0 atom stereocenters. The summed E-state index contributed by atoms with van der Waals surface area (Å²) in [4.78, 5) is 10.1. The van der Waals surface area contributed by atoms with Crippen LogP contribution in [-0.4, -0.2) is 15.0 Å². The summed E-state index contributed by atoms with van der Waals surface area (Å²) in [5, 5.41) is -0.111. The Morgan fingerprint density at radius 1 is 1.38 bits per heavy atom. The van der Waals surface area contributed by atoms with E-state index in [0.29, 0.717) is 0 Å². The van der Waals surface area contributed by atoms with Crippen LogP contribution in [0.3, 0.4) is 0 Å². The van der Waals surface area contributed by atoms with Crippen molar-refractivity contribution in [3.63, 3.8) is 0 Å². The number of nitrogens with zero attached hydrogens (tertiary/aromatic N) is 3. The monoisotopic (exact) mass is 151 g/mol. The quantitative estimate of drug-likeness (QED) is 0.560. The zero-order valence-electron chi connectivity index (χ0n) is 4.60. The van der Waals surface area contributed by atoms with Crippen LogP contribution in [0.25, 0.3) is 0 Å². The molecule has 5 heteroatoms. The third-order valence-electron chi connectivity index (χ3n) is 0.469. The lowest BCUT2D eigenvalue weighted by molar-refractivity contribution is 1.05. The lowest BCUT2D eigenvalue weighted by Gasteiger charge is -1.84. The molecular formula is C3HCl2N3. The van der Waals surface area contributed by atoms with Gasteiger partial charge in [0, 0.05) is 0 Å². The Morgan fingerprint density at radius 3 is 2.25 bits per heavy atom. The average molecular weight is 152 g/mol. The molecule has 1 aromatic rings. The molecular weight excluding hydrogens is 149 g/mol. The molecule has 0 aliphatic rings. The summed E-state index contributed by atoms with van der Waals surface area (Å²) in [5.74, 6) is 0. The van der Waals surface area contributed by atoms with E-state index in [9.17, 15) is 0 Å². The van der Waals surface area contributed by atoms with Crippen LogP contribution in [-0.2, 0) is 0 Å².